The third-order valence-corrected chi connectivity index (χ3v) is 7.43. The van der Waals surface area contributed by atoms with Crippen LogP contribution in [0.25, 0.3) is 11.5 Å². The maximum atomic E-state index is 14.1. The van der Waals surface area contributed by atoms with Crippen molar-refractivity contribution in [1.82, 2.24) is 19.2 Å². The number of hydrogen-bond acceptors (Lipinski definition) is 2. The Balaban J connectivity index is 1.54. The molecule has 1 atom stereocenters. The van der Waals surface area contributed by atoms with Gasteiger partial charge in [0.15, 0.2) is 0 Å². The number of para-hydroxylation sites is 1. The molecule has 196 valence electrons. The van der Waals surface area contributed by atoms with Gasteiger partial charge in [-0.15, -0.1) is 0 Å². The summed E-state index contributed by atoms with van der Waals surface area (Å²) < 4.78 is 18.0. The Kier molecular flexibility index (Phi) is 6.45. The second kappa shape index (κ2) is 10.1. The molecule has 1 aliphatic rings. The van der Waals surface area contributed by atoms with E-state index in [1.807, 2.05) is 72.4 Å². The molecule has 0 bridgehead atoms. The van der Waals surface area contributed by atoms with Crippen molar-refractivity contribution >= 4 is 23.3 Å². The largest absolute Gasteiger partial charge is 0.323 e. The molecule has 0 saturated heterocycles. The average Bonchev–Trinajstić information content (AvgIpc) is 3.52. The van der Waals surface area contributed by atoms with Crippen LogP contribution in [0.5, 0.6) is 0 Å². The smallest absolute Gasteiger partial charge is 0.307 e. The third kappa shape index (κ3) is 4.49. The van der Waals surface area contributed by atoms with Crippen molar-refractivity contribution in [3.05, 3.63) is 130 Å². The Morgan fingerprint density at radius 1 is 1.05 bits per heavy atom. The van der Waals surface area contributed by atoms with E-state index in [9.17, 15) is 9.18 Å². The van der Waals surface area contributed by atoms with Gasteiger partial charge in [0.1, 0.15) is 11.6 Å². The maximum Gasteiger partial charge on any atom is 0.323 e. The molecule has 6 rings (SSSR count). The van der Waals surface area contributed by atoms with Gasteiger partial charge in [0.2, 0.25) is 0 Å². The molecule has 2 amide bonds. The quantitative estimate of drug-likeness (QED) is 0.258. The molecule has 2 aromatic heterocycles. The molecule has 8 heteroatoms. The fourth-order valence-corrected chi connectivity index (χ4v) is 5.53. The molecule has 6 nitrogen and oxygen atoms in total. The van der Waals surface area contributed by atoms with E-state index in [1.54, 1.807) is 23.1 Å². The van der Waals surface area contributed by atoms with Gasteiger partial charge in [-0.25, -0.2) is 13.9 Å². The summed E-state index contributed by atoms with van der Waals surface area (Å²) in [6.07, 6.45) is 2.68. The van der Waals surface area contributed by atoms with Crippen LogP contribution in [0.1, 0.15) is 41.0 Å². The Morgan fingerprint density at radius 2 is 1.82 bits per heavy atom. The molecule has 0 fully saturated rings. The Hall–Kier alpha value is -4.36. The first-order chi connectivity index (χ1) is 18.9. The van der Waals surface area contributed by atoms with Crippen LogP contribution in [0.15, 0.2) is 91.1 Å². The van der Waals surface area contributed by atoms with E-state index in [2.05, 4.69) is 16.8 Å². The van der Waals surface area contributed by atoms with E-state index in [0.717, 1.165) is 39.6 Å². The fraction of sp³-hybridized carbons (Fsp3) is 0.161. The second-order valence-electron chi connectivity index (χ2n) is 9.65. The highest BCUT2D eigenvalue weighted by molar-refractivity contribution is 6.33. The number of hydrogen-bond donors (Lipinski definition) is 1. The summed E-state index contributed by atoms with van der Waals surface area (Å²) in [5.41, 5.74) is 5.97. The summed E-state index contributed by atoms with van der Waals surface area (Å²) in [7, 11) is 0. The number of carbonyl (C=O) groups excluding carboxylic acids is 1. The Labute approximate surface area is 231 Å². The summed E-state index contributed by atoms with van der Waals surface area (Å²) in [6, 6.07) is 25.0. The Bertz CT molecular complexity index is 1660. The first-order valence-corrected chi connectivity index (χ1v) is 13.3. The SMILES string of the molecule is CCc1nn(-c2ccccc2)c2c1CN(C(=O)Nc1ccc(C)cc1Cl)[C@@H](c1ccc(F)cc1)c1cccn1-2. The van der Waals surface area contributed by atoms with E-state index in [1.165, 1.54) is 12.1 Å². The lowest BCUT2D eigenvalue weighted by Crippen LogP contribution is -2.38. The number of anilines is 1. The van der Waals surface area contributed by atoms with Crippen LogP contribution in [0.4, 0.5) is 14.9 Å². The van der Waals surface area contributed by atoms with Gasteiger partial charge in [-0.05, 0) is 73.0 Å². The number of nitrogens with zero attached hydrogens (tertiary/aromatic N) is 4. The number of fused-ring (bicyclic) bond motifs is 3. The van der Waals surface area contributed by atoms with Crippen LogP contribution in [-0.2, 0) is 13.0 Å². The van der Waals surface area contributed by atoms with Gasteiger partial charge < -0.3 is 14.8 Å². The monoisotopic (exact) mass is 539 g/mol. The van der Waals surface area contributed by atoms with Gasteiger partial charge in [0, 0.05) is 11.8 Å². The minimum absolute atomic E-state index is 0.296. The maximum absolute atomic E-state index is 14.1. The predicted octanol–water partition coefficient (Wildman–Crippen LogP) is 7.46. The number of aromatic nitrogens is 3. The third-order valence-electron chi connectivity index (χ3n) is 7.12. The Morgan fingerprint density at radius 3 is 2.54 bits per heavy atom. The van der Waals surface area contributed by atoms with Crippen LogP contribution < -0.4 is 5.32 Å². The normalized spacial score (nSPS) is 14.5. The van der Waals surface area contributed by atoms with E-state index >= 15 is 0 Å². The molecule has 0 spiro atoms. The summed E-state index contributed by atoms with van der Waals surface area (Å²) in [5, 5.41) is 8.46. The van der Waals surface area contributed by atoms with E-state index < -0.39 is 6.04 Å². The van der Waals surface area contributed by atoms with E-state index in [4.69, 9.17) is 16.7 Å². The first-order valence-electron chi connectivity index (χ1n) is 12.9. The molecule has 1 aliphatic heterocycles. The summed E-state index contributed by atoms with van der Waals surface area (Å²) in [5.74, 6) is 0.551. The van der Waals surface area contributed by atoms with Gasteiger partial charge in [-0.1, -0.05) is 54.9 Å². The number of halogens is 2. The highest BCUT2D eigenvalue weighted by Crippen LogP contribution is 2.39. The molecular formula is C31H27ClFN5O. The van der Waals surface area contributed by atoms with Gasteiger partial charge in [0.25, 0.3) is 0 Å². The van der Waals surface area contributed by atoms with Crippen molar-refractivity contribution in [3.63, 3.8) is 0 Å². The lowest BCUT2D eigenvalue weighted by molar-refractivity contribution is 0.194. The molecule has 5 aromatic rings. The highest BCUT2D eigenvalue weighted by atomic mass is 35.5. The van der Waals surface area contributed by atoms with Gasteiger partial charge in [-0.2, -0.15) is 5.10 Å². The molecule has 0 unspecified atom stereocenters. The molecule has 0 saturated carbocycles. The van der Waals surface area contributed by atoms with Crippen LogP contribution in [0.2, 0.25) is 5.02 Å². The number of carbonyl (C=O) groups is 1. The van der Waals surface area contributed by atoms with Crippen molar-refractivity contribution in [2.24, 2.45) is 0 Å². The molecule has 1 N–H and O–H groups in total. The summed E-state index contributed by atoms with van der Waals surface area (Å²) in [6.45, 7) is 4.31. The fourth-order valence-electron chi connectivity index (χ4n) is 5.25. The number of aryl methyl sites for hydroxylation is 2. The number of amides is 2. The first kappa shape index (κ1) is 24.9. The van der Waals surface area contributed by atoms with Crippen molar-refractivity contribution < 1.29 is 9.18 Å². The number of nitrogens with one attached hydrogen (secondary N) is 1. The molecule has 3 aromatic carbocycles. The zero-order chi connectivity index (χ0) is 27.1. The van der Waals surface area contributed by atoms with Crippen LogP contribution in [-0.4, -0.2) is 25.3 Å². The second-order valence-corrected chi connectivity index (χ2v) is 10.1. The van der Waals surface area contributed by atoms with Crippen molar-refractivity contribution in [2.45, 2.75) is 32.9 Å². The molecule has 3 heterocycles. The molecule has 0 aliphatic carbocycles. The lowest BCUT2D eigenvalue weighted by atomic mass is 10.0. The van der Waals surface area contributed by atoms with E-state index in [-0.39, 0.29) is 11.8 Å². The van der Waals surface area contributed by atoms with Crippen molar-refractivity contribution in [1.29, 1.82) is 0 Å². The summed E-state index contributed by atoms with van der Waals surface area (Å²) in [4.78, 5) is 15.8. The highest BCUT2D eigenvalue weighted by Gasteiger charge is 2.36. The zero-order valence-corrected chi connectivity index (χ0v) is 22.4. The molecular weight excluding hydrogens is 513 g/mol. The predicted molar refractivity (Wildman–Crippen MR) is 151 cm³/mol. The topological polar surface area (TPSA) is 55.1 Å². The standard InChI is InChI=1S/C31H27ClFN5O/c1-3-26-24-19-37(31(39)34-27-16-11-20(2)18-25(27)32)29(21-12-14-22(33)15-13-21)28-10-7-17-36(28)30(24)38(35-26)23-8-5-4-6-9-23/h4-18,29H,3,19H2,1-2H3,(H,34,39)/t29-/m0/s1. The molecule has 0 radical (unpaired) electrons. The van der Waals surface area contributed by atoms with Crippen molar-refractivity contribution in [2.75, 3.05) is 5.32 Å². The molecule has 39 heavy (non-hydrogen) atoms. The van der Waals surface area contributed by atoms with Crippen molar-refractivity contribution in [3.8, 4) is 11.5 Å². The van der Waals surface area contributed by atoms with Gasteiger partial charge in [-0.3, -0.25) is 0 Å². The van der Waals surface area contributed by atoms with Gasteiger partial charge in [0.05, 0.1) is 40.4 Å². The zero-order valence-electron chi connectivity index (χ0n) is 21.6. The number of rotatable bonds is 4. The number of benzene rings is 3. The van der Waals surface area contributed by atoms with E-state index in [0.29, 0.717) is 23.7 Å². The minimum Gasteiger partial charge on any atom is -0.307 e. The average molecular weight is 540 g/mol. The van der Waals surface area contributed by atoms with Crippen LogP contribution in [0, 0.1) is 12.7 Å². The minimum atomic E-state index is -0.494. The number of urea groups is 1. The van der Waals surface area contributed by atoms with Crippen LogP contribution >= 0.6 is 11.6 Å². The lowest BCUT2D eigenvalue weighted by Gasteiger charge is -2.31. The van der Waals surface area contributed by atoms with Crippen LogP contribution in [0.3, 0.4) is 0 Å². The summed E-state index contributed by atoms with van der Waals surface area (Å²) >= 11 is 6.49. The van der Waals surface area contributed by atoms with Gasteiger partial charge >= 0.3 is 6.03 Å².